The first-order valence-electron chi connectivity index (χ1n) is 5.34. The first kappa shape index (κ1) is 11.8. The molecule has 0 fully saturated rings. The Morgan fingerprint density at radius 2 is 2.24 bits per heavy atom. The van der Waals surface area contributed by atoms with Crippen LogP contribution in [0.1, 0.15) is 11.3 Å². The van der Waals surface area contributed by atoms with Crippen molar-refractivity contribution in [2.45, 2.75) is 13.3 Å². The molecule has 0 aliphatic heterocycles. The Bertz CT molecular complexity index is 510. The van der Waals surface area contributed by atoms with Gasteiger partial charge in [0.2, 0.25) is 0 Å². The lowest BCUT2D eigenvalue weighted by Gasteiger charge is -2.07. The molecule has 4 nitrogen and oxygen atoms in total. The van der Waals surface area contributed by atoms with Gasteiger partial charge in [-0.1, -0.05) is 17.7 Å². The molecule has 0 saturated carbocycles. The van der Waals surface area contributed by atoms with Crippen LogP contribution in [-0.2, 0) is 6.42 Å². The topological polar surface area (TPSA) is 63.9 Å². The molecule has 90 valence electrons. The van der Waals surface area contributed by atoms with Gasteiger partial charge in [0, 0.05) is 18.2 Å². The van der Waals surface area contributed by atoms with Crippen LogP contribution in [0.5, 0.6) is 5.75 Å². The molecule has 0 bridgehead atoms. The van der Waals surface area contributed by atoms with E-state index in [1.54, 1.807) is 6.07 Å². The second kappa shape index (κ2) is 5.10. The highest BCUT2D eigenvalue weighted by Crippen LogP contribution is 2.25. The van der Waals surface area contributed by atoms with Gasteiger partial charge in [-0.05, 0) is 24.6 Å². The van der Waals surface area contributed by atoms with Crippen LogP contribution >= 0.6 is 11.6 Å². The average molecular weight is 252 g/mol. The molecule has 3 N–H and O–H groups in total. The summed E-state index contributed by atoms with van der Waals surface area (Å²) in [5.74, 6) is 1.20. The average Bonchev–Trinajstić information content (AvgIpc) is 2.69. The SMILES string of the molecule is Cc1ccc(Cl)c(OCCc2cc(N)n[nH]2)c1. The molecular weight excluding hydrogens is 238 g/mol. The zero-order chi connectivity index (χ0) is 12.3. The van der Waals surface area contributed by atoms with Gasteiger partial charge in [-0.2, -0.15) is 5.10 Å². The predicted molar refractivity (Wildman–Crippen MR) is 68.4 cm³/mol. The maximum absolute atomic E-state index is 6.02. The normalized spacial score (nSPS) is 10.5. The molecule has 17 heavy (non-hydrogen) atoms. The van der Waals surface area contributed by atoms with E-state index in [0.29, 0.717) is 29.6 Å². The zero-order valence-electron chi connectivity index (χ0n) is 9.53. The number of aromatic nitrogens is 2. The van der Waals surface area contributed by atoms with Crippen LogP contribution in [0.15, 0.2) is 24.3 Å². The number of anilines is 1. The lowest BCUT2D eigenvalue weighted by atomic mass is 10.2. The van der Waals surface area contributed by atoms with E-state index in [4.69, 9.17) is 22.1 Å². The van der Waals surface area contributed by atoms with Gasteiger partial charge in [-0.15, -0.1) is 0 Å². The van der Waals surface area contributed by atoms with Gasteiger partial charge in [-0.25, -0.2) is 0 Å². The van der Waals surface area contributed by atoms with Crippen molar-refractivity contribution in [2.75, 3.05) is 12.3 Å². The third-order valence-electron chi connectivity index (χ3n) is 2.37. The van der Waals surface area contributed by atoms with Crippen molar-refractivity contribution < 1.29 is 4.74 Å². The number of hydrogen-bond donors (Lipinski definition) is 2. The van der Waals surface area contributed by atoms with Crippen molar-refractivity contribution in [3.05, 3.63) is 40.5 Å². The Morgan fingerprint density at radius 1 is 1.41 bits per heavy atom. The quantitative estimate of drug-likeness (QED) is 0.878. The smallest absolute Gasteiger partial charge is 0.145 e. The molecule has 5 heteroatoms. The number of nitrogens with one attached hydrogen (secondary N) is 1. The molecular formula is C12H14ClN3O. The lowest BCUT2D eigenvalue weighted by Crippen LogP contribution is -2.02. The minimum absolute atomic E-state index is 0.494. The second-order valence-corrected chi connectivity index (χ2v) is 4.26. The summed E-state index contributed by atoms with van der Waals surface area (Å²) in [6.45, 7) is 2.53. The number of nitrogen functional groups attached to an aromatic ring is 1. The van der Waals surface area contributed by atoms with Crippen molar-refractivity contribution in [3.63, 3.8) is 0 Å². The third kappa shape index (κ3) is 3.14. The number of H-pyrrole nitrogens is 1. The van der Waals surface area contributed by atoms with Gasteiger partial charge >= 0.3 is 0 Å². The summed E-state index contributed by atoms with van der Waals surface area (Å²) < 4.78 is 5.61. The Balaban J connectivity index is 1.91. The van der Waals surface area contributed by atoms with Crippen molar-refractivity contribution in [1.82, 2.24) is 10.2 Å². The van der Waals surface area contributed by atoms with E-state index >= 15 is 0 Å². The van der Waals surface area contributed by atoms with Gasteiger partial charge in [0.1, 0.15) is 11.6 Å². The molecule has 0 aliphatic carbocycles. The first-order valence-corrected chi connectivity index (χ1v) is 5.71. The molecule has 0 spiro atoms. The van der Waals surface area contributed by atoms with Gasteiger partial charge in [-0.3, -0.25) is 5.10 Å². The number of ether oxygens (including phenoxy) is 1. The third-order valence-corrected chi connectivity index (χ3v) is 2.68. The Hall–Kier alpha value is -1.68. The standard InChI is InChI=1S/C12H14ClN3O/c1-8-2-3-10(13)11(6-8)17-5-4-9-7-12(14)16-15-9/h2-3,6-7H,4-5H2,1H3,(H3,14,15,16). The van der Waals surface area contributed by atoms with Crippen LogP contribution < -0.4 is 10.5 Å². The van der Waals surface area contributed by atoms with Crippen molar-refractivity contribution >= 4 is 17.4 Å². The first-order chi connectivity index (χ1) is 8.15. The molecule has 0 amide bonds. The second-order valence-electron chi connectivity index (χ2n) is 3.85. The fourth-order valence-electron chi connectivity index (χ4n) is 1.50. The Kier molecular flexibility index (Phi) is 3.54. The molecule has 0 unspecified atom stereocenters. The number of hydrogen-bond acceptors (Lipinski definition) is 3. The van der Waals surface area contributed by atoms with Crippen LogP contribution in [0, 0.1) is 6.92 Å². The minimum atomic E-state index is 0.494. The number of aromatic amines is 1. The van der Waals surface area contributed by atoms with Crippen molar-refractivity contribution in [3.8, 4) is 5.75 Å². The van der Waals surface area contributed by atoms with E-state index in [-0.39, 0.29) is 0 Å². The van der Waals surface area contributed by atoms with E-state index in [1.165, 1.54) is 0 Å². The zero-order valence-corrected chi connectivity index (χ0v) is 10.3. The highest BCUT2D eigenvalue weighted by Gasteiger charge is 2.03. The number of nitrogens with two attached hydrogens (primary N) is 1. The summed E-state index contributed by atoms with van der Waals surface area (Å²) in [4.78, 5) is 0. The number of halogens is 1. The molecule has 0 atom stereocenters. The minimum Gasteiger partial charge on any atom is -0.492 e. The molecule has 2 rings (SSSR count). The van der Waals surface area contributed by atoms with Crippen LogP contribution in [0.4, 0.5) is 5.82 Å². The highest BCUT2D eigenvalue weighted by molar-refractivity contribution is 6.32. The highest BCUT2D eigenvalue weighted by atomic mass is 35.5. The number of nitrogens with zero attached hydrogens (tertiary/aromatic N) is 1. The summed E-state index contributed by atoms with van der Waals surface area (Å²) in [6, 6.07) is 7.50. The summed E-state index contributed by atoms with van der Waals surface area (Å²) in [5, 5.41) is 7.30. The maximum atomic E-state index is 6.02. The Morgan fingerprint density at radius 3 is 2.94 bits per heavy atom. The number of rotatable bonds is 4. The van der Waals surface area contributed by atoms with Crippen molar-refractivity contribution in [1.29, 1.82) is 0 Å². The van der Waals surface area contributed by atoms with E-state index < -0.39 is 0 Å². The summed E-state index contributed by atoms with van der Waals surface area (Å²) in [6.07, 6.45) is 0.717. The molecule has 2 aromatic rings. The van der Waals surface area contributed by atoms with E-state index in [2.05, 4.69) is 10.2 Å². The van der Waals surface area contributed by atoms with Gasteiger partial charge < -0.3 is 10.5 Å². The van der Waals surface area contributed by atoms with Crippen LogP contribution in [0.25, 0.3) is 0 Å². The summed E-state index contributed by atoms with van der Waals surface area (Å²) in [7, 11) is 0. The largest absolute Gasteiger partial charge is 0.492 e. The summed E-state index contributed by atoms with van der Waals surface area (Å²) >= 11 is 6.02. The number of benzene rings is 1. The molecule has 1 heterocycles. The predicted octanol–water partition coefficient (Wildman–Crippen LogP) is 2.58. The van der Waals surface area contributed by atoms with E-state index in [1.807, 2.05) is 25.1 Å². The molecule has 1 aromatic heterocycles. The van der Waals surface area contributed by atoms with Gasteiger partial charge in [0.25, 0.3) is 0 Å². The molecule has 1 aromatic carbocycles. The molecule has 0 radical (unpaired) electrons. The summed E-state index contributed by atoms with van der Waals surface area (Å²) in [5.41, 5.74) is 7.57. The maximum Gasteiger partial charge on any atom is 0.145 e. The molecule has 0 saturated heterocycles. The van der Waals surface area contributed by atoms with Gasteiger partial charge in [0.05, 0.1) is 11.6 Å². The monoisotopic (exact) mass is 251 g/mol. The fraction of sp³-hybridized carbons (Fsp3) is 0.250. The van der Waals surface area contributed by atoms with Crippen LogP contribution in [0.3, 0.4) is 0 Å². The van der Waals surface area contributed by atoms with E-state index in [0.717, 1.165) is 11.3 Å². The van der Waals surface area contributed by atoms with Crippen LogP contribution in [-0.4, -0.2) is 16.8 Å². The lowest BCUT2D eigenvalue weighted by molar-refractivity contribution is 0.320. The van der Waals surface area contributed by atoms with Crippen molar-refractivity contribution in [2.24, 2.45) is 0 Å². The van der Waals surface area contributed by atoms with E-state index in [9.17, 15) is 0 Å². The fourth-order valence-corrected chi connectivity index (χ4v) is 1.67. The van der Waals surface area contributed by atoms with Gasteiger partial charge in [0.15, 0.2) is 0 Å². The molecule has 0 aliphatic rings. The van der Waals surface area contributed by atoms with Crippen LogP contribution in [0.2, 0.25) is 5.02 Å². The Labute approximate surface area is 105 Å². The number of aryl methyl sites for hydroxylation is 1.